The van der Waals surface area contributed by atoms with E-state index >= 15 is 0 Å². The number of carbonyl (C=O) groups is 1. The Morgan fingerprint density at radius 1 is 1.15 bits per heavy atom. The highest BCUT2D eigenvalue weighted by Gasteiger charge is 2.32. The molecule has 2 aromatic carbocycles. The third-order valence-corrected chi connectivity index (χ3v) is 4.55. The predicted molar refractivity (Wildman–Crippen MR) is 78.6 cm³/mol. The van der Waals surface area contributed by atoms with Gasteiger partial charge in [-0.25, -0.2) is 4.39 Å². The molecule has 1 amide bonds. The van der Waals surface area contributed by atoms with Crippen LogP contribution in [0.5, 0.6) is 0 Å². The number of thioether (sulfide) groups is 1. The van der Waals surface area contributed by atoms with E-state index in [9.17, 15) is 9.18 Å². The van der Waals surface area contributed by atoms with E-state index in [0.29, 0.717) is 12.3 Å². The van der Waals surface area contributed by atoms with Crippen molar-refractivity contribution in [2.75, 3.05) is 5.75 Å². The summed E-state index contributed by atoms with van der Waals surface area (Å²) in [7, 11) is 0. The van der Waals surface area contributed by atoms with E-state index in [1.807, 2.05) is 41.3 Å². The molecule has 1 unspecified atom stereocenters. The highest BCUT2D eigenvalue weighted by atomic mass is 32.2. The Bertz CT molecular complexity index is 617. The van der Waals surface area contributed by atoms with E-state index in [1.165, 1.54) is 12.1 Å². The lowest BCUT2D eigenvalue weighted by molar-refractivity contribution is -0.128. The number of hydrogen-bond acceptors (Lipinski definition) is 2. The number of nitrogens with zero attached hydrogens (tertiary/aromatic N) is 1. The predicted octanol–water partition coefficient (Wildman–Crippen LogP) is 3.60. The van der Waals surface area contributed by atoms with Gasteiger partial charge in [0.05, 0.1) is 5.75 Å². The zero-order valence-electron chi connectivity index (χ0n) is 10.8. The first-order valence-electron chi connectivity index (χ1n) is 6.44. The summed E-state index contributed by atoms with van der Waals surface area (Å²) < 4.78 is 13.2. The number of amides is 1. The van der Waals surface area contributed by atoms with Gasteiger partial charge in [-0.3, -0.25) is 4.79 Å². The Morgan fingerprint density at radius 3 is 2.70 bits per heavy atom. The lowest BCUT2D eigenvalue weighted by Crippen LogP contribution is -2.27. The van der Waals surface area contributed by atoms with Crippen molar-refractivity contribution in [1.82, 2.24) is 4.90 Å². The van der Waals surface area contributed by atoms with Crippen molar-refractivity contribution in [3.05, 3.63) is 71.5 Å². The number of hydrogen-bond donors (Lipinski definition) is 0. The maximum atomic E-state index is 13.2. The highest BCUT2D eigenvalue weighted by molar-refractivity contribution is 8.00. The number of carbonyl (C=O) groups excluding carboxylic acids is 1. The minimum atomic E-state index is -0.266. The molecule has 1 heterocycles. The van der Waals surface area contributed by atoms with Gasteiger partial charge >= 0.3 is 0 Å². The van der Waals surface area contributed by atoms with Gasteiger partial charge in [0.25, 0.3) is 0 Å². The summed E-state index contributed by atoms with van der Waals surface area (Å²) in [6.45, 7) is 0.448. The first-order valence-corrected chi connectivity index (χ1v) is 7.49. The second-order valence-corrected chi connectivity index (χ2v) is 5.79. The molecular formula is C16H14FNOS. The van der Waals surface area contributed by atoms with E-state index in [0.717, 1.165) is 11.1 Å². The summed E-state index contributed by atoms with van der Waals surface area (Å²) in [5.41, 5.74) is 1.93. The topological polar surface area (TPSA) is 20.3 Å². The van der Waals surface area contributed by atoms with Crippen LogP contribution in [0.2, 0.25) is 0 Å². The van der Waals surface area contributed by atoms with Crippen LogP contribution in [0.4, 0.5) is 4.39 Å². The van der Waals surface area contributed by atoms with Gasteiger partial charge in [-0.15, -0.1) is 11.8 Å². The minimum Gasteiger partial charge on any atom is -0.322 e. The molecule has 0 aromatic heterocycles. The molecule has 2 nitrogen and oxygen atoms in total. The van der Waals surface area contributed by atoms with Gasteiger partial charge in [0, 0.05) is 6.54 Å². The SMILES string of the molecule is O=C1CSC(c2ccccc2)N1Cc1cccc(F)c1. The molecule has 0 spiro atoms. The molecule has 20 heavy (non-hydrogen) atoms. The van der Waals surface area contributed by atoms with E-state index in [4.69, 9.17) is 0 Å². The Morgan fingerprint density at radius 2 is 1.95 bits per heavy atom. The van der Waals surface area contributed by atoms with Gasteiger partial charge in [-0.1, -0.05) is 42.5 Å². The standard InChI is InChI=1S/C16H14FNOS/c17-14-8-4-5-12(9-14)10-18-15(19)11-20-16(18)13-6-2-1-3-7-13/h1-9,16H,10-11H2. The van der Waals surface area contributed by atoms with Crippen molar-refractivity contribution in [1.29, 1.82) is 0 Å². The van der Waals surface area contributed by atoms with Crippen LogP contribution in [0.1, 0.15) is 16.5 Å². The molecule has 1 atom stereocenters. The molecule has 1 saturated heterocycles. The summed E-state index contributed by atoms with van der Waals surface area (Å²) in [5, 5.41) is 0.0203. The Balaban J connectivity index is 1.84. The Labute approximate surface area is 121 Å². The highest BCUT2D eigenvalue weighted by Crippen LogP contribution is 2.39. The van der Waals surface area contributed by atoms with Crippen LogP contribution in [0.25, 0.3) is 0 Å². The zero-order valence-corrected chi connectivity index (χ0v) is 11.6. The molecule has 4 heteroatoms. The minimum absolute atomic E-state index is 0.0203. The molecule has 1 aliphatic heterocycles. The monoisotopic (exact) mass is 287 g/mol. The van der Waals surface area contributed by atoms with Crippen molar-refractivity contribution in [3.63, 3.8) is 0 Å². The fourth-order valence-corrected chi connectivity index (χ4v) is 3.54. The lowest BCUT2D eigenvalue weighted by atomic mass is 10.1. The van der Waals surface area contributed by atoms with Crippen molar-refractivity contribution < 1.29 is 9.18 Å². The van der Waals surface area contributed by atoms with Gasteiger partial charge in [0.2, 0.25) is 5.91 Å². The molecule has 0 bridgehead atoms. The second kappa shape index (κ2) is 5.67. The van der Waals surface area contributed by atoms with E-state index in [1.54, 1.807) is 17.8 Å². The number of rotatable bonds is 3. The summed E-state index contributed by atoms with van der Waals surface area (Å²) in [5.74, 6) is 0.320. The van der Waals surface area contributed by atoms with Gasteiger partial charge in [-0.2, -0.15) is 0 Å². The molecule has 0 N–H and O–H groups in total. The molecule has 0 aliphatic carbocycles. The largest absolute Gasteiger partial charge is 0.322 e. The maximum absolute atomic E-state index is 13.2. The van der Waals surface area contributed by atoms with E-state index < -0.39 is 0 Å². The molecule has 2 aromatic rings. The lowest BCUT2D eigenvalue weighted by Gasteiger charge is -2.24. The van der Waals surface area contributed by atoms with Crippen LogP contribution in [0.3, 0.4) is 0 Å². The summed E-state index contributed by atoms with van der Waals surface area (Å²) in [6, 6.07) is 16.4. The third-order valence-electron chi connectivity index (χ3n) is 3.29. The number of benzene rings is 2. The van der Waals surface area contributed by atoms with Crippen molar-refractivity contribution in [2.45, 2.75) is 11.9 Å². The molecule has 102 valence electrons. The smallest absolute Gasteiger partial charge is 0.234 e. The van der Waals surface area contributed by atoms with Crippen LogP contribution in [0, 0.1) is 5.82 Å². The van der Waals surface area contributed by atoms with E-state index in [2.05, 4.69) is 0 Å². The average Bonchev–Trinajstić information content (AvgIpc) is 2.81. The summed E-state index contributed by atoms with van der Waals surface area (Å²) in [4.78, 5) is 13.9. The van der Waals surface area contributed by atoms with Crippen LogP contribution >= 0.6 is 11.8 Å². The third kappa shape index (κ3) is 2.70. The van der Waals surface area contributed by atoms with Gasteiger partial charge in [0.15, 0.2) is 0 Å². The Kier molecular flexibility index (Phi) is 3.74. The average molecular weight is 287 g/mol. The number of halogens is 1. The van der Waals surface area contributed by atoms with Gasteiger partial charge in [0.1, 0.15) is 11.2 Å². The molecule has 0 saturated carbocycles. The first kappa shape index (κ1) is 13.2. The molecule has 0 radical (unpaired) electrons. The maximum Gasteiger partial charge on any atom is 0.234 e. The van der Waals surface area contributed by atoms with Crippen LogP contribution < -0.4 is 0 Å². The van der Waals surface area contributed by atoms with Crippen LogP contribution in [-0.2, 0) is 11.3 Å². The Hall–Kier alpha value is -1.81. The van der Waals surface area contributed by atoms with Crippen molar-refractivity contribution in [3.8, 4) is 0 Å². The fourth-order valence-electron chi connectivity index (χ4n) is 2.35. The zero-order chi connectivity index (χ0) is 13.9. The molecular weight excluding hydrogens is 273 g/mol. The van der Waals surface area contributed by atoms with Gasteiger partial charge < -0.3 is 4.90 Å². The van der Waals surface area contributed by atoms with Crippen molar-refractivity contribution in [2.24, 2.45) is 0 Å². The van der Waals surface area contributed by atoms with Crippen molar-refractivity contribution >= 4 is 17.7 Å². The normalized spacial score (nSPS) is 18.6. The molecule has 1 aliphatic rings. The quantitative estimate of drug-likeness (QED) is 0.859. The van der Waals surface area contributed by atoms with Gasteiger partial charge in [-0.05, 0) is 23.3 Å². The summed E-state index contributed by atoms with van der Waals surface area (Å²) >= 11 is 1.62. The molecule has 1 fully saturated rings. The second-order valence-electron chi connectivity index (χ2n) is 4.73. The summed E-state index contributed by atoms with van der Waals surface area (Å²) in [6.07, 6.45) is 0. The van der Waals surface area contributed by atoms with Crippen LogP contribution in [-0.4, -0.2) is 16.6 Å². The first-order chi connectivity index (χ1) is 9.74. The van der Waals surface area contributed by atoms with Crippen LogP contribution in [0.15, 0.2) is 54.6 Å². The molecule has 3 rings (SSSR count). The fraction of sp³-hybridized carbons (Fsp3) is 0.188. The van der Waals surface area contributed by atoms with E-state index in [-0.39, 0.29) is 17.1 Å².